The van der Waals surface area contributed by atoms with Crippen molar-refractivity contribution >= 4 is 12.1 Å². The third kappa shape index (κ3) is 94.0. The van der Waals surface area contributed by atoms with E-state index in [0.717, 1.165) is 0 Å². The molecule has 0 aromatic carbocycles. The second-order valence-corrected chi connectivity index (χ2v) is 2.08. The van der Waals surface area contributed by atoms with Crippen LogP contribution in [0.2, 0.25) is 0 Å². The zero-order valence-electron chi connectivity index (χ0n) is 9.19. The van der Waals surface area contributed by atoms with Crippen LogP contribution in [0.4, 0.5) is 4.79 Å². The first kappa shape index (κ1) is 25.3. The summed E-state index contributed by atoms with van der Waals surface area (Å²) in [4.78, 5) is 26.6. The Morgan fingerprint density at radius 3 is 1.63 bits per heavy atom. The quantitative estimate of drug-likeness (QED) is 0.113. The van der Waals surface area contributed by atoms with Crippen LogP contribution in [-0.2, 0) is 21.8 Å². The Balaban J connectivity index is -0.000000105. The van der Waals surface area contributed by atoms with Crippen LogP contribution in [0.15, 0.2) is 0 Å². The molecule has 19 heavy (non-hydrogen) atoms. The number of rotatable bonds is 2. The Kier molecular flexibility index (Phi) is 20.6. The Labute approximate surface area is 115 Å². The van der Waals surface area contributed by atoms with Gasteiger partial charge in [0.15, 0.2) is 6.23 Å². The monoisotopic (exact) mass is 333 g/mol. The number of ether oxygens (including phenoxy) is 1. The molecule has 6 N–H and O–H groups in total. The van der Waals surface area contributed by atoms with E-state index in [2.05, 4.69) is 10.1 Å². The number of nitrogens with one attached hydrogen (secondary N) is 2. The first-order valence-corrected chi connectivity index (χ1v) is 3.68. The van der Waals surface area contributed by atoms with Crippen LogP contribution in [0.5, 0.6) is 0 Å². The van der Waals surface area contributed by atoms with E-state index in [9.17, 15) is 4.79 Å². The van der Waals surface area contributed by atoms with E-state index in [1.807, 2.05) is 0 Å². The van der Waals surface area contributed by atoms with Crippen molar-refractivity contribution in [1.29, 1.82) is 5.41 Å². The van der Waals surface area contributed by atoms with Gasteiger partial charge in [0.05, 0.1) is 10.2 Å². The van der Waals surface area contributed by atoms with Crippen LogP contribution in [-0.4, -0.2) is 28.5 Å². The van der Waals surface area contributed by atoms with E-state index in [4.69, 9.17) is 47.5 Å². The zero-order valence-corrected chi connectivity index (χ0v) is 10.1. The molecule has 0 aliphatic heterocycles. The predicted octanol–water partition coefficient (Wildman–Crippen LogP) is -1.57. The molecule has 2 amide bonds. The second-order valence-electron chi connectivity index (χ2n) is 2.08. The van der Waals surface area contributed by atoms with E-state index in [1.165, 1.54) is 6.92 Å². The SMILES string of the molecule is CC(NC(N)=O)OC(=N)N.O=[N+]([O-])[O-].O=[N+]([O-])[O-].[Cu+2]. The van der Waals surface area contributed by atoms with Gasteiger partial charge in [0.25, 0.3) is 6.02 Å². The molecule has 15 heteroatoms. The minimum Gasteiger partial charge on any atom is -0.442 e. The van der Waals surface area contributed by atoms with Crippen LogP contribution in [0, 0.1) is 36.1 Å². The van der Waals surface area contributed by atoms with E-state index < -0.39 is 28.5 Å². The molecule has 115 valence electrons. The van der Waals surface area contributed by atoms with Gasteiger partial charge in [-0.25, -0.2) is 4.79 Å². The molecule has 0 aromatic heterocycles. The van der Waals surface area contributed by atoms with Gasteiger partial charge in [-0.15, -0.1) is 0 Å². The van der Waals surface area contributed by atoms with Crippen LogP contribution in [0.1, 0.15) is 6.92 Å². The fourth-order valence-electron chi connectivity index (χ4n) is 0.420. The maximum absolute atomic E-state index is 10.1. The summed E-state index contributed by atoms with van der Waals surface area (Å²) in [6, 6.07) is -1.17. The first-order valence-electron chi connectivity index (χ1n) is 3.68. The van der Waals surface area contributed by atoms with Gasteiger partial charge >= 0.3 is 23.1 Å². The van der Waals surface area contributed by atoms with Crippen LogP contribution in [0.25, 0.3) is 0 Å². The number of hydrogen-bond donors (Lipinski definition) is 4. The van der Waals surface area contributed by atoms with Gasteiger partial charge in [-0.3, -0.25) is 5.41 Å². The van der Waals surface area contributed by atoms with Gasteiger partial charge in [-0.2, -0.15) is 0 Å². The molecule has 0 aromatic rings. The summed E-state index contributed by atoms with van der Waals surface area (Å²) in [6.45, 7) is 1.51. The molecule has 1 unspecified atom stereocenters. The summed E-state index contributed by atoms with van der Waals surface area (Å²) in [6.07, 6.45) is -0.657. The maximum Gasteiger partial charge on any atom is 2.00 e. The van der Waals surface area contributed by atoms with Crippen molar-refractivity contribution in [2.75, 3.05) is 0 Å². The molecule has 0 rings (SSSR count). The third-order valence-electron chi connectivity index (χ3n) is 0.649. The van der Waals surface area contributed by atoms with Crippen molar-refractivity contribution in [1.82, 2.24) is 5.32 Å². The average Bonchev–Trinajstić information content (AvgIpc) is 1.96. The maximum atomic E-state index is 10.1. The molecule has 0 fully saturated rings. The number of nitrogens with two attached hydrogens (primary N) is 2. The Bertz CT molecular complexity index is 263. The minimum atomic E-state index is -1.75. The Morgan fingerprint density at radius 1 is 1.21 bits per heavy atom. The minimum absolute atomic E-state index is 0. The molecule has 1 radical (unpaired) electrons. The molecule has 0 saturated heterocycles. The molecular weight excluding hydrogens is 324 g/mol. The first-order chi connectivity index (χ1) is 7.98. The number of carbonyl (C=O) groups is 1. The Morgan fingerprint density at radius 2 is 1.47 bits per heavy atom. The number of urea groups is 1. The third-order valence-corrected chi connectivity index (χ3v) is 0.649. The van der Waals surface area contributed by atoms with Crippen molar-refractivity contribution in [3.05, 3.63) is 30.6 Å². The molecule has 0 saturated carbocycles. The van der Waals surface area contributed by atoms with E-state index in [0.29, 0.717) is 0 Å². The van der Waals surface area contributed by atoms with Gasteiger partial charge in [0, 0.05) is 0 Å². The predicted molar refractivity (Wildman–Crippen MR) is 55.9 cm³/mol. The van der Waals surface area contributed by atoms with Crippen LogP contribution < -0.4 is 16.8 Å². The summed E-state index contributed by atoms with van der Waals surface area (Å²) in [5.41, 5.74) is 9.57. The van der Waals surface area contributed by atoms with E-state index in [1.54, 1.807) is 0 Å². The molecule has 0 spiro atoms. The summed E-state index contributed by atoms with van der Waals surface area (Å²) < 4.78 is 4.51. The van der Waals surface area contributed by atoms with Crippen molar-refractivity contribution in [2.24, 2.45) is 11.5 Å². The zero-order chi connectivity index (χ0) is 15.3. The van der Waals surface area contributed by atoms with Gasteiger partial charge in [-0.05, 0) is 6.92 Å². The standard InChI is InChI=1S/C4H10N4O2.Cu.2NO3/c1-2(8-4(7)9)10-3(5)6;;2*2-1(3)4/h2H,1H3,(H3,5,6)(H3,7,8,9);;;/q;+2;2*-1. The number of amides is 2. The molecule has 14 nitrogen and oxygen atoms in total. The topological polar surface area (TPSA) is 247 Å². The van der Waals surface area contributed by atoms with Crippen molar-refractivity contribution in [3.63, 3.8) is 0 Å². The second kappa shape index (κ2) is 15.5. The molecular formula is C4H10CuN6O8. The molecule has 1 atom stereocenters. The number of hydrogen-bond acceptors (Lipinski definition) is 9. The van der Waals surface area contributed by atoms with E-state index in [-0.39, 0.29) is 17.1 Å². The molecule has 0 bridgehead atoms. The Hall–Kier alpha value is -2.54. The van der Waals surface area contributed by atoms with Crippen LogP contribution >= 0.6 is 0 Å². The normalized spacial score (nSPS) is 8.68. The van der Waals surface area contributed by atoms with Gasteiger partial charge < -0.3 is 52.2 Å². The number of amidine groups is 1. The van der Waals surface area contributed by atoms with Gasteiger partial charge in [0.2, 0.25) is 0 Å². The van der Waals surface area contributed by atoms with Crippen molar-refractivity contribution in [2.45, 2.75) is 13.2 Å². The number of primary amides is 1. The molecule has 0 aliphatic rings. The van der Waals surface area contributed by atoms with Crippen LogP contribution in [0.3, 0.4) is 0 Å². The largest absolute Gasteiger partial charge is 2.00 e. The smallest absolute Gasteiger partial charge is 0.442 e. The fourth-order valence-corrected chi connectivity index (χ4v) is 0.420. The molecule has 0 aliphatic carbocycles. The van der Waals surface area contributed by atoms with Gasteiger partial charge in [-0.1, -0.05) is 0 Å². The fraction of sp³-hybridized carbons (Fsp3) is 0.500. The summed E-state index contributed by atoms with van der Waals surface area (Å²) in [7, 11) is 0. The summed E-state index contributed by atoms with van der Waals surface area (Å²) >= 11 is 0. The number of carbonyl (C=O) groups excluding carboxylic acids is 1. The van der Waals surface area contributed by atoms with Gasteiger partial charge in [0.1, 0.15) is 0 Å². The summed E-state index contributed by atoms with van der Waals surface area (Å²) in [5.74, 6) is 0. The summed E-state index contributed by atoms with van der Waals surface area (Å²) in [5, 5.41) is 38.3. The van der Waals surface area contributed by atoms with E-state index >= 15 is 0 Å². The molecule has 0 heterocycles. The number of nitrogens with zero attached hydrogens (tertiary/aromatic N) is 2. The average molecular weight is 334 g/mol. The van der Waals surface area contributed by atoms with Crippen molar-refractivity contribution in [3.8, 4) is 0 Å². The van der Waals surface area contributed by atoms with Crippen molar-refractivity contribution < 1.29 is 36.8 Å².